The summed E-state index contributed by atoms with van der Waals surface area (Å²) in [4.78, 5) is 24.5. The van der Waals surface area contributed by atoms with E-state index in [-0.39, 0.29) is 12.3 Å². The molecular weight excluding hydrogens is 328 g/mol. The van der Waals surface area contributed by atoms with Gasteiger partial charge in [-0.15, -0.1) is 0 Å². The van der Waals surface area contributed by atoms with E-state index >= 15 is 0 Å². The number of para-hydroxylation sites is 1. The molecule has 138 valence electrons. The van der Waals surface area contributed by atoms with Gasteiger partial charge in [-0.05, 0) is 49.6 Å². The molecule has 0 saturated heterocycles. The van der Waals surface area contributed by atoms with Crippen LogP contribution >= 0.6 is 0 Å². The predicted octanol–water partition coefficient (Wildman–Crippen LogP) is 4.11. The van der Waals surface area contributed by atoms with Crippen LogP contribution in [0, 0.1) is 0 Å². The van der Waals surface area contributed by atoms with Gasteiger partial charge in [0.1, 0.15) is 0 Å². The van der Waals surface area contributed by atoms with Gasteiger partial charge in [0.2, 0.25) is 5.91 Å². The average molecular weight is 354 g/mol. The minimum absolute atomic E-state index is 0.0427. The number of hydrogen-bond donors (Lipinski definition) is 2. The maximum atomic E-state index is 11.8. The number of anilines is 2. The number of amides is 1. The minimum Gasteiger partial charge on any atom is -0.481 e. The lowest BCUT2D eigenvalue weighted by molar-refractivity contribution is -0.137. The summed E-state index contributed by atoms with van der Waals surface area (Å²) in [5.74, 6) is -0.860. The monoisotopic (exact) mass is 354 g/mol. The molecule has 0 aliphatic carbocycles. The van der Waals surface area contributed by atoms with E-state index < -0.39 is 5.97 Å². The van der Waals surface area contributed by atoms with Gasteiger partial charge < -0.3 is 15.3 Å². The largest absolute Gasteiger partial charge is 0.481 e. The molecule has 0 saturated carbocycles. The van der Waals surface area contributed by atoms with Crippen LogP contribution in [0.25, 0.3) is 0 Å². The normalized spacial score (nSPS) is 10.3. The summed E-state index contributed by atoms with van der Waals surface area (Å²) in [5.41, 5.74) is 3.30. The van der Waals surface area contributed by atoms with E-state index in [1.54, 1.807) is 0 Å². The van der Waals surface area contributed by atoms with Crippen molar-refractivity contribution in [3.05, 3.63) is 60.2 Å². The van der Waals surface area contributed by atoms with Gasteiger partial charge in [0, 0.05) is 37.3 Å². The Balaban J connectivity index is 1.83. The van der Waals surface area contributed by atoms with Gasteiger partial charge in [-0.2, -0.15) is 0 Å². The van der Waals surface area contributed by atoms with Crippen LogP contribution in [-0.2, 0) is 16.1 Å². The Morgan fingerprint density at radius 1 is 0.923 bits per heavy atom. The first kappa shape index (κ1) is 19.5. The van der Waals surface area contributed by atoms with E-state index in [0.717, 1.165) is 23.5 Å². The van der Waals surface area contributed by atoms with Crippen LogP contribution in [0.1, 0.15) is 38.2 Å². The van der Waals surface area contributed by atoms with E-state index in [2.05, 4.69) is 41.4 Å². The first-order valence-corrected chi connectivity index (χ1v) is 9.00. The lowest BCUT2D eigenvalue weighted by atomic mass is 10.1. The maximum absolute atomic E-state index is 11.8. The second-order valence-corrected chi connectivity index (χ2v) is 6.12. The van der Waals surface area contributed by atoms with Gasteiger partial charge in [0.15, 0.2) is 0 Å². The second kappa shape index (κ2) is 10.2. The summed E-state index contributed by atoms with van der Waals surface area (Å²) in [6.45, 7) is 3.47. The second-order valence-electron chi connectivity index (χ2n) is 6.12. The molecule has 0 unspecified atom stereocenters. The molecule has 0 atom stereocenters. The topological polar surface area (TPSA) is 69.6 Å². The number of aliphatic carboxylic acids is 1. The molecule has 0 spiro atoms. The third kappa shape index (κ3) is 6.24. The molecule has 0 heterocycles. The summed E-state index contributed by atoms with van der Waals surface area (Å²) < 4.78 is 0. The fourth-order valence-electron chi connectivity index (χ4n) is 2.77. The number of unbranched alkanes of at least 4 members (excludes halogenated alkanes) is 1. The summed E-state index contributed by atoms with van der Waals surface area (Å²) in [6.07, 6.45) is 1.61. The third-order valence-corrected chi connectivity index (χ3v) is 4.17. The molecule has 0 radical (unpaired) electrons. The Morgan fingerprint density at radius 3 is 2.15 bits per heavy atom. The van der Waals surface area contributed by atoms with Crippen LogP contribution in [0.3, 0.4) is 0 Å². The Hall–Kier alpha value is -2.82. The zero-order valence-corrected chi connectivity index (χ0v) is 15.1. The smallest absolute Gasteiger partial charge is 0.303 e. The molecule has 2 rings (SSSR count). The number of rotatable bonds is 10. The van der Waals surface area contributed by atoms with E-state index in [1.165, 1.54) is 0 Å². The van der Waals surface area contributed by atoms with Crippen molar-refractivity contribution in [2.75, 3.05) is 11.4 Å². The third-order valence-electron chi connectivity index (χ3n) is 4.17. The molecular formula is C21H26N2O3. The van der Waals surface area contributed by atoms with Gasteiger partial charge in [-0.3, -0.25) is 9.59 Å². The molecule has 0 bridgehead atoms. The highest BCUT2D eigenvalue weighted by Gasteiger charge is 2.07. The SMILES string of the molecule is CCN(c1ccccc1)c1ccc(CNC(=O)CCCCC(=O)O)cc1. The van der Waals surface area contributed by atoms with Crippen molar-refractivity contribution < 1.29 is 14.7 Å². The van der Waals surface area contributed by atoms with Gasteiger partial charge in [-0.1, -0.05) is 30.3 Å². The summed E-state index contributed by atoms with van der Waals surface area (Å²) >= 11 is 0. The van der Waals surface area contributed by atoms with Crippen molar-refractivity contribution in [2.24, 2.45) is 0 Å². The van der Waals surface area contributed by atoms with Crippen LogP contribution in [0.5, 0.6) is 0 Å². The highest BCUT2D eigenvalue weighted by atomic mass is 16.4. The van der Waals surface area contributed by atoms with Crippen LogP contribution < -0.4 is 10.2 Å². The highest BCUT2D eigenvalue weighted by Crippen LogP contribution is 2.24. The number of nitrogens with one attached hydrogen (secondary N) is 1. The minimum atomic E-state index is -0.817. The van der Waals surface area contributed by atoms with Crippen LogP contribution in [0.15, 0.2) is 54.6 Å². The molecule has 2 N–H and O–H groups in total. The van der Waals surface area contributed by atoms with Gasteiger partial charge >= 0.3 is 5.97 Å². The van der Waals surface area contributed by atoms with E-state index in [9.17, 15) is 9.59 Å². The fraction of sp³-hybridized carbons (Fsp3) is 0.333. The molecule has 0 fully saturated rings. The first-order chi connectivity index (χ1) is 12.6. The van der Waals surface area contributed by atoms with Gasteiger partial charge in [0.05, 0.1) is 0 Å². The number of nitrogens with zero attached hydrogens (tertiary/aromatic N) is 1. The Kier molecular flexibility index (Phi) is 7.68. The maximum Gasteiger partial charge on any atom is 0.303 e. The predicted molar refractivity (Wildman–Crippen MR) is 104 cm³/mol. The number of carbonyl (C=O) groups excluding carboxylic acids is 1. The standard InChI is InChI=1S/C21H26N2O3/c1-2-23(18-8-4-3-5-9-18)19-14-12-17(13-15-19)16-22-20(24)10-6-7-11-21(25)26/h3-5,8-9,12-15H,2,6-7,10-11,16H2,1H3,(H,22,24)(H,25,26). The molecule has 5 heteroatoms. The highest BCUT2D eigenvalue weighted by molar-refractivity contribution is 5.76. The van der Waals surface area contributed by atoms with Crippen molar-refractivity contribution >= 4 is 23.3 Å². The Morgan fingerprint density at radius 2 is 1.54 bits per heavy atom. The Labute approximate surface area is 154 Å². The Bertz CT molecular complexity index is 699. The van der Waals surface area contributed by atoms with Crippen molar-refractivity contribution in [1.29, 1.82) is 0 Å². The quantitative estimate of drug-likeness (QED) is 0.630. The number of carbonyl (C=O) groups is 2. The zero-order chi connectivity index (χ0) is 18.8. The van der Waals surface area contributed by atoms with E-state index in [1.807, 2.05) is 30.3 Å². The summed E-state index contributed by atoms with van der Waals surface area (Å²) in [7, 11) is 0. The molecule has 0 aliphatic heterocycles. The van der Waals surface area contributed by atoms with Crippen molar-refractivity contribution in [2.45, 2.75) is 39.2 Å². The first-order valence-electron chi connectivity index (χ1n) is 9.00. The van der Waals surface area contributed by atoms with Crippen molar-refractivity contribution in [3.63, 3.8) is 0 Å². The molecule has 1 amide bonds. The number of benzene rings is 2. The fourth-order valence-corrected chi connectivity index (χ4v) is 2.77. The summed E-state index contributed by atoms with van der Waals surface area (Å²) in [5, 5.41) is 11.5. The van der Waals surface area contributed by atoms with Gasteiger partial charge in [-0.25, -0.2) is 0 Å². The lowest BCUT2D eigenvalue weighted by Crippen LogP contribution is -2.22. The van der Waals surface area contributed by atoms with Crippen LogP contribution in [0.4, 0.5) is 11.4 Å². The molecule has 5 nitrogen and oxygen atoms in total. The zero-order valence-electron chi connectivity index (χ0n) is 15.1. The molecule has 26 heavy (non-hydrogen) atoms. The average Bonchev–Trinajstić information content (AvgIpc) is 2.66. The lowest BCUT2D eigenvalue weighted by Gasteiger charge is -2.23. The van der Waals surface area contributed by atoms with Crippen LogP contribution in [-0.4, -0.2) is 23.5 Å². The molecule has 0 aromatic heterocycles. The number of carboxylic acids is 1. The van der Waals surface area contributed by atoms with Crippen molar-refractivity contribution in [1.82, 2.24) is 5.32 Å². The van der Waals surface area contributed by atoms with E-state index in [4.69, 9.17) is 5.11 Å². The number of hydrogen-bond acceptors (Lipinski definition) is 3. The number of carboxylic acid groups (broad SMARTS) is 1. The molecule has 2 aromatic rings. The summed E-state index contributed by atoms with van der Waals surface area (Å²) in [6, 6.07) is 18.4. The van der Waals surface area contributed by atoms with Crippen molar-refractivity contribution in [3.8, 4) is 0 Å². The van der Waals surface area contributed by atoms with E-state index in [0.29, 0.717) is 25.8 Å². The van der Waals surface area contributed by atoms with Gasteiger partial charge in [0.25, 0.3) is 0 Å². The van der Waals surface area contributed by atoms with Crippen LogP contribution in [0.2, 0.25) is 0 Å². The molecule has 2 aromatic carbocycles. The molecule has 0 aliphatic rings.